The Bertz CT molecular complexity index is 382. The van der Waals surface area contributed by atoms with E-state index in [1.165, 1.54) is 0 Å². The average molecular weight is 230 g/mol. The highest BCUT2D eigenvalue weighted by Crippen LogP contribution is 2.24. The molecule has 0 aliphatic rings. The van der Waals surface area contributed by atoms with Gasteiger partial charge in [-0.15, -0.1) is 0 Å². The third-order valence-electron chi connectivity index (χ3n) is 2.10. The molecular weight excluding hydrogens is 218 g/mol. The van der Waals surface area contributed by atoms with E-state index in [4.69, 9.17) is 0 Å². The molecule has 0 aliphatic heterocycles. The van der Waals surface area contributed by atoms with Crippen LogP contribution in [0, 0.1) is 11.6 Å². The number of hydrogen-bond acceptors (Lipinski definition) is 3. The molecular formula is C11H12F2O3. The number of hydrogen-bond donors (Lipinski definition) is 1. The maximum Gasteiger partial charge on any atom is 0.342 e. The highest BCUT2D eigenvalue weighted by Gasteiger charge is 2.34. The zero-order valence-electron chi connectivity index (χ0n) is 8.96. The standard InChI is InChI=1S/C11H12F2O3/c1-3-16-10(14)11(2,15)7-4-8(12)6-9(13)5-7/h4-6,15H,3H2,1-2H3/t11-/m0/s1. The lowest BCUT2D eigenvalue weighted by Crippen LogP contribution is -2.34. The summed E-state index contributed by atoms with van der Waals surface area (Å²) in [6.45, 7) is 2.77. The van der Waals surface area contributed by atoms with Crippen molar-refractivity contribution in [2.24, 2.45) is 0 Å². The third kappa shape index (κ3) is 2.55. The van der Waals surface area contributed by atoms with Crippen molar-refractivity contribution in [3.05, 3.63) is 35.4 Å². The molecule has 1 aromatic carbocycles. The Hall–Kier alpha value is -1.49. The Morgan fingerprint density at radius 3 is 2.31 bits per heavy atom. The van der Waals surface area contributed by atoms with Gasteiger partial charge in [0.25, 0.3) is 0 Å². The normalized spacial score (nSPS) is 14.3. The van der Waals surface area contributed by atoms with Crippen molar-refractivity contribution < 1.29 is 23.4 Å². The SMILES string of the molecule is CCOC(=O)[C@@](C)(O)c1cc(F)cc(F)c1. The van der Waals surface area contributed by atoms with E-state index >= 15 is 0 Å². The summed E-state index contributed by atoms with van der Waals surface area (Å²) >= 11 is 0. The minimum absolute atomic E-state index is 0.0762. The van der Waals surface area contributed by atoms with Crippen LogP contribution in [0.4, 0.5) is 8.78 Å². The van der Waals surface area contributed by atoms with Crippen molar-refractivity contribution in [2.45, 2.75) is 19.4 Å². The number of aliphatic hydroxyl groups is 1. The van der Waals surface area contributed by atoms with Crippen molar-refractivity contribution in [2.75, 3.05) is 6.61 Å². The fourth-order valence-corrected chi connectivity index (χ4v) is 1.22. The van der Waals surface area contributed by atoms with Gasteiger partial charge in [0.05, 0.1) is 6.61 Å². The molecule has 0 bridgehead atoms. The Morgan fingerprint density at radius 2 is 1.88 bits per heavy atom. The van der Waals surface area contributed by atoms with Gasteiger partial charge in [-0.3, -0.25) is 0 Å². The van der Waals surface area contributed by atoms with Gasteiger partial charge in [0.15, 0.2) is 5.60 Å². The van der Waals surface area contributed by atoms with Crippen LogP contribution in [0.25, 0.3) is 0 Å². The van der Waals surface area contributed by atoms with Crippen LogP contribution in [0.3, 0.4) is 0 Å². The van der Waals surface area contributed by atoms with E-state index in [0.717, 1.165) is 19.1 Å². The van der Waals surface area contributed by atoms with Crippen LogP contribution in [0.1, 0.15) is 19.4 Å². The largest absolute Gasteiger partial charge is 0.464 e. The maximum absolute atomic E-state index is 12.9. The van der Waals surface area contributed by atoms with Crippen LogP contribution in [-0.4, -0.2) is 17.7 Å². The summed E-state index contributed by atoms with van der Waals surface area (Å²) in [4.78, 5) is 11.4. The molecule has 1 N–H and O–H groups in total. The van der Waals surface area contributed by atoms with E-state index in [-0.39, 0.29) is 12.2 Å². The van der Waals surface area contributed by atoms with Gasteiger partial charge in [0.1, 0.15) is 11.6 Å². The number of rotatable bonds is 3. The average Bonchev–Trinajstić information content (AvgIpc) is 2.16. The molecule has 0 unspecified atom stereocenters. The van der Waals surface area contributed by atoms with Crippen LogP contribution in [0.2, 0.25) is 0 Å². The molecule has 0 radical (unpaired) electrons. The van der Waals surface area contributed by atoms with Gasteiger partial charge in [0, 0.05) is 11.6 Å². The van der Waals surface area contributed by atoms with E-state index < -0.39 is 23.2 Å². The highest BCUT2D eigenvalue weighted by atomic mass is 19.1. The predicted octanol–water partition coefficient (Wildman–Crippen LogP) is 1.74. The van der Waals surface area contributed by atoms with Gasteiger partial charge in [-0.2, -0.15) is 0 Å². The molecule has 16 heavy (non-hydrogen) atoms. The second kappa shape index (κ2) is 4.57. The molecule has 0 saturated heterocycles. The van der Waals surface area contributed by atoms with Crippen LogP contribution < -0.4 is 0 Å². The lowest BCUT2D eigenvalue weighted by atomic mass is 9.96. The van der Waals surface area contributed by atoms with E-state index in [0.29, 0.717) is 6.07 Å². The minimum Gasteiger partial charge on any atom is -0.464 e. The summed E-state index contributed by atoms with van der Waals surface area (Å²) in [6, 6.07) is 2.44. The van der Waals surface area contributed by atoms with Crippen LogP contribution in [0.5, 0.6) is 0 Å². The molecule has 0 fully saturated rings. The van der Waals surface area contributed by atoms with Crippen molar-refractivity contribution in [1.82, 2.24) is 0 Å². The van der Waals surface area contributed by atoms with Gasteiger partial charge in [0.2, 0.25) is 0 Å². The van der Waals surface area contributed by atoms with Crippen molar-refractivity contribution in [1.29, 1.82) is 0 Å². The fourth-order valence-electron chi connectivity index (χ4n) is 1.22. The van der Waals surface area contributed by atoms with Crippen molar-refractivity contribution in [3.63, 3.8) is 0 Å². The van der Waals surface area contributed by atoms with Gasteiger partial charge in [-0.1, -0.05) is 0 Å². The minimum atomic E-state index is -2.06. The molecule has 1 aromatic rings. The van der Waals surface area contributed by atoms with E-state index in [1.54, 1.807) is 6.92 Å². The fraction of sp³-hybridized carbons (Fsp3) is 0.364. The summed E-state index contributed by atoms with van der Waals surface area (Å²) in [6.07, 6.45) is 0. The summed E-state index contributed by atoms with van der Waals surface area (Å²) < 4.78 is 30.4. The Balaban J connectivity index is 3.10. The molecule has 0 saturated carbocycles. The lowest BCUT2D eigenvalue weighted by Gasteiger charge is -2.21. The summed E-state index contributed by atoms with van der Waals surface area (Å²) in [5.74, 6) is -2.67. The van der Waals surface area contributed by atoms with E-state index in [9.17, 15) is 18.7 Å². The first-order valence-corrected chi connectivity index (χ1v) is 4.74. The molecule has 0 aliphatic carbocycles. The first-order chi connectivity index (χ1) is 7.37. The smallest absolute Gasteiger partial charge is 0.342 e. The highest BCUT2D eigenvalue weighted by molar-refractivity contribution is 5.80. The molecule has 3 nitrogen and oxygen atoms in total. The Kier molecular flexibility index (Phi) is 3.59. The third-order valence-corrected chi connectivity index (χ3v) is 2.10. The van der Waals surface area contributed by atoms with Gasteiger partial charge < -0.3 is 9.84 Å². The van der Waals surface area contributed by atoms with Crippen LogP contribution in [0.15, 0.2) is 18.2 Å². The maximum atomic E-state index is 12.9. The van der Waals surface area contributed by atoms with Crippen LogP contribution in [-0.2, 0) is 15.1 Å². The molecule has 1 rings (SSSR count). The van der Waals surface area contributed by atoms with Gasteiger partial charge >= 0.3 is 5.97 Å². The Labute approximate surface area is 91.7 Å². The van der Waals surface area contributed by atoms with Gasteiger partial charge in [-0.05, 0) is 26.0 Å². The van der Waals surface area contributed by atoms with Crippen molar-refractivity contribution >= 4 is 5.97 Å². The van der Waals surface area contributed by atoms with E-state index in [2.05, 4.69) is 4.74 Å². The molecule has 0 heterocycles. The monoisotopic (exact) mass is 230 g/mol. The summed E-state index contributed by atoms with van der Waals surface area (Å²) in [5.41, 5.74) is -2.23. The molecule has 0 spiro atoms. The van der Waals surface area contributed by atoms with Crippen LogP contribution >= 0.6 is 0 Å². The molecule has 5 heteroatoms. The zero-order valence-corrected chi connectivity index (χ0v) is 8.96. The number of esters is 1. The number of benzene rings is 1. The second-order valence-electron chi connectivity index (χ2n) is 3.45. The zero-order chi connectivity index (χ0) is 12.3. The predicted molar refractivity (Wildman–Crippen MR) is 52.6 cm³/mol. The van der Waals surface area contributed by atoms with Gasteiger partial charge in [-0.25, -0.2) is 13.6 Å². The second-order valence-corrected chi connectivity index (χ2v) is 3.45. The number of halogens is 2. The van der Waals surface area contributed by atoms with Crippen molar-refractivity contribution in [3.8, 4) is 0 Å². The Morgan fingerprint density at radius 1 is 1.38 bits per heavy atom. The quantitative estimate of drug-likeness (QED) is 0.804. The number of carbonyl (C=O) groups excluding carboxylic acids is 1. The summed E-state index contributed by atoms with van der Waals surface area (Å²) in [5, 5.41) is 9.83. The molecule has 88 valence electrons. The first kappa shape index (κ1) is 12.6. The lowest BCUT2D eigenvalue weighted by molar-refractivity contribution is -0.164. The molecule has 1 atom stereocenters. The number of carbonyl (C=O) groups is 1. The molecule has 0 aromatic heterocycles. The molecule has 0 amide bonds. The topological polar surface area (TPSA) is 46.5 Å². The number of ether oxygens (including phenoxy) is 1. The van der Waals surface area contributed by atoms with E-state index in [1.807, 2.05) is 0 Å². The summed E-state index contributed by atoms with van der Waals surface area (Å²) in [7, 11) is 0. The first-order valence-electron chi connectivity index (χ1n) is 4.74.